The number of nitrogens with zero attached hydrogens (tertiary/aromatic N) is 2. The van der Waals surface area contributed by atoms with Gasteiger partial charge in [-0.05, 0) is 48.5 Å². The number of ether oxygens (including phenoxy) is 1. The topological polar surface area (TPSA) is 85.5 Å². The Hall–Kier alpha value is -2.86. The molecule has 1 heterocycles. The monoisotopic (exact) mass is 330 g/mol. The van der Waals surface area contributed by atoms with E-state index in [1.807, 2.05) is 0 Å². The van der Waals surface area contributed by atoms with Crippen LogP contribution in [0.4, 0.5) is 0 Å². The van der Waals surface area contributed by atoms with Gasteiger partial charge in [0, 0.05) is 10.6 Å². The first-order valence-corrected chi connectivity index (χ1v) is 7.04. The van der Waals surface area contributed by atoms with Crippen LogP contribution in [0.5, 0.6) is 5.75 Å². The highest BCUT2D eigenvalue weighted by Crippen LogP contribution is 2.19. The van der Waals surface area contributed by atoms with Crippen molar-refractivity contribution in [3.05, 3.63) is 65.0 Å². The zero-order chi connectivity index (χ0) is 16.2. The fraction of sp³-hybridized carbons (Fsp3) is 0.0625. The lowest BCUT2D eigenvalue weighted by Gasteiger charge is -2.02. The lowest BCUT2D eigenvalue weighted by Crippen LogP contribution is -1.98. The Morgan fingerprint density at radius 3 is 2.48 bits per heavy atom. The Labute approximate surface area is 136 Å². The second-order valence-electron chi connectivity index (χ2n) is 4.64. The van der Waals surface area contributed by atoms with Crippen molar-refractivity contribution in [2.24, 2.45) is 0 Å². The molecule has 0 saturated heterocycles. The maximum absolute atomic E-state index is 10.8. The zero-order valence-corrected chi connectivity index (χ0v) is 12.5. The van der Waals surface area contributed by atoms with E-state index >= 15 is 0 Å². The van der Waals surface area contributed by atoms with Crippen molar-refractivity contribution >= 4 is 17.6 Å². The number of hydrogen-bond donors (Lipinski definition) is 1. The van der Waals surface area contributed by atoms with Crippen LogP contribution in [0.1, 0.15) is 16.2 Å². The highest BCUT2D eigenvalue weighted by atomic mass is 35.5. The molecule has 0 spiro atoms. The van der Waals surface area contributed by atoms with E-state index in [1.54, 1.807) is 36.4 Å². The zero-order valence-electron chi connectivity index (χ0n) is 11.8. The molecule has 0 atom stereocenters. The van der Waals surface area contributed by atoms with Gasteiger partial charge in [0.2, 0.25) is 5.82 Å². The summed E-state index contributed by atoms with van der Waals surface area (Å²) in [6.45, 7) is 0.0903. The van der Waals surface area contributed by atoms with E-state index in [0.717, 1.165) is 5.56 Å². The summed E-state index contributed by atoms with van der Waals surface area (Å²) in [7, 11) is 0. The van der Waals surface area contributed by atoms with Crippen LogP contribution in [-0.4, -0.2) is 21.2 Å². The summed E-state index contributed by atoms with van der Waals surface area (Å²) in [5.41, 5.74) is 0.982. The molecule has 0 saturated carbocycles. The molecule has 1 N–H and O–H groups in total. The molecule has 0 radical (unpaired) electrons. The molecule has 0 aliphatic rings. The molecule has 23 heavy (non-hydrogen) atoms. The molecule has 1 aromatic heterocycles. The molecule has 0 bridgehead atoms. The number of aromatic nitrogens is 2. The maximum Gasteiger partial charge on any atom is 0.335 e. The normalized spacial score (nSPS) is 10.5. The SMILES string of the molecule is O=C(O)c1ccc(OCc2nc(-c3ccc(Cl)cc3)no2)cc1. The quantitative estimate of drug-likeness (QED) is 0.768. The third kappa shape index (κ3) is 3.67. The number of carboxylic acid groups (broad SMARTS) is 1. The largest absolute Gasteiger partial charge is 0.484 e. The van der Waals surface area contributed by atoms with Crippen LogP contribution in [0.3, 0.4) is 0 Å². The maximum atomic E-state index is 10.8. The molecular formula is C16H11ClN2O4. The second-order valence-corrected chi connectivity index (χ2v) is 5.07. The lowest BCUT2D eigenvalue weighted by molar-refractivity contribution is 0.0697. The Bertz CT molecular complexity index is 813. The van der Waals surface area contributed by atoms with Gasteiger partial charge in [0.25, 0.3) is 5.89 Å². The predicted octanol–water partition coefficient (Wildman–Crippen LogP) is 3.67. The van der Waals surface area contributed by atoms with Gasteiger partial charge in [-0.15, -0.1) is 0 Å². The molecule has 6 nitrogen and oxygen atoms in total. The van der Waals surface area contributed by atoms with Crippen LogP contribution >= 0.6 is 11.6 Å². The molecule has 0 fully saturated rings. The van der Waals surface area contributed by atoms with Gasteiger partial charge in [0.1, 0.15) is 5.75 Å². The van der Waals surface area contributed by atoms with Gasteiger partial charge >= 0.3 is 5.97 Å². The van der Waals surface area contributed by atoms with E-state index in [4.69, 9.17) is 26.0 Å². The van der Waals surface area contributed by atoms with E-state index in [0.29, 0.717) is 22.5 Å². The Balaban J connectivity index is 1.65. The first-order valence-electron chi connectivity index (χ1n) is 6.66. The van der Waals surface area contributed by atoms with E-state index < -0.39 is 5.97 Å². The number of carboxylic acids is 1. The molecule has 3 rings (SSSR count). The van der Waals surface area contributed by atoms with E-state index in [-0.39, 0.29) is 12.2 Å². The Kier molecular flexibility index (Phi) is 4.25. The fourth-order valence-electron chi connectivity index (χ4n) is 1.87. The number of halogens is 1. The van der Waals surface area contributed by atoms with Crippen LogP contribution in [-0.2, 0) is 6.61 Å². The van der Waals surface area contributed by atoms with Crippen LogP contribution in [0.15, 0.2) is 53.1 Å². The summed E-state index contributed by atoms with van der Waals surface area (Å²) in [5.74, 6) is 0.293. The van der Waals surface area contributed by atoms with E-state index in [1.165, 1.54) is 12.1 Å². The Morgan fingerprint density at radius 2 is 1.83 bits per heavy atom. The number of carbonyl (C=O) groups is 1. The van der Waals surface area contributed by atoms with Gasteiger partial charge in [-0.25, -0.2) is 4.79 Å². The highest BCUT2D eigenvalue weighted by molar-refractivity contribution is 6.30. The molecule has 0 aliphatic heterocycles. The first kappa shape index (κ1) is 15.1. The third-order valence-electron chi connectivity index (χ3n) is 3.03. The average molecular weight is 331 g/mol. The summed E-state index contributed by atoms with van der Waals surface area (Å²) >= 11 is 5.83. The van der Waals surface area contributed by atoms with Gasteiger partial charge in [-0.2, -0.15) is 4.98 Å². The van der Waals surface area contributed by atoms with Crippen molar-refractivity contribution in [3.8, 4) is 17.1 Å². The average Bonchev–Trinajstić information content (AvgIpc) is 3.03. The van der Waals surface area contributed by atoms with Gasteiger partial charge in [-0.1, -0.05) is 16.8 Å². The number of rotatable bonds is 5. The summed E-state index contributed by atoms with van der Waals surface area (Å²) in [6.07, 6.45) is 0. The van der Waals surface area contributed by atoms with Crippen molar-refractivity contribution in [1.29, 1.82) is 0 Å². The van der Waals surface area contributed by atoms with Gasteiger partial charge in [0.15, 0.2) is 6.61 Å². The third-order valence-corrected chi connectivity index (χ3v) is 3.29. The minimum Gasteiger partial charge on any atom is -0.484 e. The molecule has 3 aromatic rings. The second kappa shape index (κ2) is 6.50. The highest BCUT2D eigenvalue weighted by Gasteiger charge is 2.09. The summed E-state index contributed by atoms with van der Waals surface area (Å²) in [5, 5.41) is 13.3. The van der Waals surface area contributed by atoms with Gasteiger partial charge in [-0.3, -0.25) is 0 Å². The van der Waals surface area contributed by atoms with Crippen LogP contribution in [0.25, 0.3) is 11.4 Å². The van der Waals surface area contributed by atoms with Crippen molar-refractivity contribution in [2.75, 3.05) is 0 Å². The molecule has 0 amide bonds. The summed E-state index contributed by atoms with van der Waals surface area (Å²) in [4.78, 5) is 15.0. The molecule has 0 unspecified atom stereocenters. The number of benzene rings is 2. The van der Waals surface area contributed by atoms with Crippen molar-refractivity contribution in [1.82, 2.24) is 10.1 Å². The standard InChI is InChI=1S/C16H11ClN2O4/c17-12-5-1-10(2-6-12)15-18-14(23-19-15)9-22-13-7-3-11(4-8-13)16(20)21/h1-8H,9H2,(H,20,21). The van der Waals surface area contributed by atoms with E-state index in [9.17, 15) is 4.79 Å². The predicted molar refractivity (Wildman–Crippen MR) is 82.5 cm³/mol. The van der Waals surface area contributed by atoms with E-state index in [2.05, 4.69) is 10.1 Å². The smallest absolute Gasteiger partial charge is 0.335 e. The number of aromatic carboxylic acids is 1. The summed E-state index contributed by atoms with van der Waals surface area (Å²) in [6, 6.07) is 13.1. The van der Waals surface area contributed by atoms with Crippen LogP contribution in [0, 0.1) is 0 Å². The van der Waals surface area contributed by atoms with Crippen molar-refractivity contribution in [3.63, 3.8) is 0 Å². The minimum absolute atomic E-state index is 0.0903. The fourth-order valence-corrected chi connectivity index (χ4v) is 1.99. The number of hydrogen-bond acceptors (Lipinski definition) is 5. The van der Waals surface area contributed by atoms with Crippen molar-refractivity contribution in [2.45, 2.75) is 6.61 Å². The first-order chi connectivity index (χ1) is 11.1. The minimum atomic E-state index is -0.985. The Morgan fingerprint density at radius 1 is 1.13 bits per heavy atom. The summed E-state index contributed by atoms with van der Waals surface area (Å²) < 4.78 is 10.6. The molecule has 2 aromatic carbocycles. The van der Waals surface area contributed by atoms with Crippen molar-refractivity contribution < 1.29 is 19.2 Å². The molecular weight excluding hydrogens is 320 g/mol. The molecule has 0 aliphatic carbocycles. The molecule has 7 heteroatoms. The molecule has 116 valence electrons. The van der Waals surface area contributed by atoms with Gasteiger partial charge < -0.3 is 14.4 Å². The van der Waals surface area contributed by atoms with Gasteiger partial charge in [0.05, 0.1) is 5.56 Å². The van der Waals surface area contributed by atoms with Crippen LogP contribution in [0.2, 0.25) is 5.02 Å². The lowest BCUT2D eigenvalue weighted by atomic mass is 10.2. The van der Waals surface area contributed by atoms with Crippen LogP contribution < -0.4 is 4.74 Å².